The first-order valence-corrected chi connectivity index (χ1v) is 6.96. The number of fused-ring (bicyclic) bond motifs is 2. The number of nitrogens with one attached hydrogen (secondary N) is 1. The Hall–Kier alpha value is -0.280. The minimum absolute atomic E-state index is 0. The highest BCUT2D eigenvalue weighted by Crippen LogP contribution is 2.39. The Morgan fingerprint density at radius 2 is 1.71 bits per heavy atom. The summed E-state index contributed by atoms with van der Waals surface area (Å²) in [6.45, 7) is 2.70. The molecule has 1 aliphatic heterocycles. The SMILES string of the molecule is ON=C1C2CCC1C([NH+]1CCCCC1)CC2.[Cl-]. The van der Waals surface area contributed by atoms with Crippen LogP contribution >= 0.6 is 0 Å². The Bertz CT molecular complexity index is 289. The molecule has 0 radical (unpaired) electrons. The summed E-state index contributed by atoms with van der Waals surface area (Å²) < 4.78 is 0. The van der Waals surface area contributed by atoms with Gasteiger partial charge in [0, 0.05) is 12.3 Å². The number of piperidine rings is 1. The maximum absolute atomic E-state index is 9.17. The Morgan fingerprint density at radius 1 is 1.00 bits per heavy atom. The van der Waals surface area contributed by atoms with Crippen molar-refractivity contribution >= 4 is 5.71 Å². The third-order valence-electron chi connectivity index (χ3n) is 5.07. The maximum Gasteiger partial charge on any atom is 0.0957 e. The Kier molecular flexibility index (Phi) is 4.31. The van der Waals surface area contributed by atoms with Gasteiger partial charge in [-0.05, 0) is 38.5 Å². The van der Waals surface area contributed by atoms with E-state index >= 15 is 0 Å². The van der Waals surface area contributed by atoms with Crippen LogP contribution < -0.4 is 17.3 Å². The van der Waals surface area contributed by atoms with Gasteiger partial charge >= 0.3 is 0 Å². The third-order valence-corrected chi connectivity index (χ3v) is 5.07. The zero-order valence-corrected chi connectivity index (χ0v) is 11.1. The number of nitrogens with zero attached hydrogens (tertiary/aromatic N) is 1. The molecule has 1 heterocycles. The summed E-state index contributed by atoms with van der Waals surface area (Å²) in [4.78, 5) is 1.80. The molecule has 4 heteroatoms. The lowest BCUT2D eigenvalue weighted by Crippen LogP contribution is -3.17. The summed E-state index contributed by atoms with van der Waals surface area (Å²) in [5.41, 5.74) is 1.15. The fraction of sp³-hybridized carbons (Fsp3) is 0.923. The molecule has 3 rings (SSSR count). The van der Waals surface area contributed by atoms with Gasteiger partial charge < -0.3 is 22.5 Å². The van der Waals surface area contributed by atoms with Crippen LogP contribution in [0.4, 0.5) is 0 Å². The first-order chi connectivity index (χ1) is 7.90. The number of likely N-dealkylation sites (tertiary alicyclic amines) is 1. The molecule has 1 saturated heterocycles. The van der Waals surface area contributed by atoms with Gasteiger partial charge in [0.1, 0.15) is 0 Å². The van der Waals surface area contributed by atoms with E-state index in [-0.39, 0.29) is 12.4 Å². The molecule has 3 nitrogen and oxygen atoms in total. The quantitative estimate of drug-likeness (QED) is 0.418. The minimum atomic E-state index is 0. The normalized spacial score (nSPS) is 40.2. The maximum atomic E-state index is 9.17. The van der Waals surface area contributed by atoms with Crippen molar-refractivity contribution in [2.24, 2.45) is 17.0 Å². The number of hydrogen-bond acceptors (Lipinski definition) is 2. The summed E-state index contributed by atoms with van der Waals surface area (Å²) >= 11 is 0. The molecule has 17 heavy (non-hydrogen) atoms. The first kappa shape index (κ1) is 13.2. The molecule has 0 aromatic carbocycles. The lowest BCUT2D eigenvalue weighted by Gasteiger charge is -2.37. The second kappa shape index (κ2) is 5.57. The Balaban J connectivity index is 0.00000108. The van der Waals surface area contributed by atoms with Crippen LogP contribution in [0, 0.1) is 11.8 Å². The zero-order valence-electron chi connectivity index (χ0n) is 10.4. The van der Waals surface area contributed by atoms with E-state index in [4.69, 9.17) is 5.21 Å². The third kappa shape index (κ3) is 2.32. The lowest BCUT2D eigenvalue weighted by atomic mass is 9.81. The molecule has 0 aromatic heterocycles. The van der Waals surface area contributed by atoms with E-state index in [1.165, 1.54) is 58.0 Å². The largest absolute Gasteiger partial charge is 1.00 e. The molecule has 0 spiro atoms. The van der Waals surface area contributed by atoms with Crippen molar-refractivity contribution in [2.75, 3.05) is 13.1 Å². The predicted molar refractivity (Wildman–Crippen MR) is 63.0 cm³/mol. The van der Waals surface area contributed by atoms with E-state index in [2.05, 4.69) is 5.16 Å². The molecule has 3 unspecified atom stereocenters. The van der Waals surface area contributed by atoms with Gasteiger partial charge in [-0.1, -0.05) is 5.16 Å². The molecule has 98 valence electrons. The molecule has 3 fully saturated rings. The molecular weight excluding hydrogens is 236 g/mol. The second-order valence-corrected chi connectivity index (χ2v) is 5.81. The molecule has 3 aliphatic rings. The summed E-state index contributed by atoms with van der Waals surface area (Å²) in [5, 5.41) is 12.8. The van der Waals surface area contributed by atoms with Gasteiger partial charge in [-0.3, -0.25) is 0 Å². The molecule has 2 bridgehead atoms. The van der Waals surface area contributed by atoms with Crippen LogP contribution in [0.15, 0.2) is 5.16 Å². The monoisotopic (exact) mass is 258 g/mol. The summed E-state index contributed by atoms with van der Waals surface area (Å²) in [6, 6.07) is 0.768. The highest BCUT2D eigenvalue weighted by molar-refractivity contribution is 5.91. The number of oxime groups is 1. The van der Waals surface area contributed by atoms with Crippen LogP contribution in [0.2, 0.25) is 0 Å². The second-order valence-electron chi connectivity index (χ2n) is 5.81. The number of quaternary nitrogens is 1. The van der Waals surface area contributed by atoms with Gasteiger partial charge in [0.15, 0.2) is 0 Å². The van der Waals surface area contributed by atoms with E-state index in [9.17, 15) is 0 Å². The Morgan fingerprint density at radius 3 is 2.41 bits per heavy atom. The molecule has 2 saturated carbocycles. The van der Waals surface area contributed by atoms with Crippen molar-refractivity contribution in [3.63, 3.8) is 0 Å². The number of hydrogen-bond donors (Lipinski definition) is 2. The highest BCUT2D eigenvalue weighted by Gasteiger charge is 2.46. The molecule has 2 N–H and O–H groups in total. The van der Waals surface area contributed by atoms with Gasteiger partial charge in [0.05, 0.1) is 30.8 Å². The van der Waals surface area contributed by atoms with Crippen LogP contribution in [0.3, 0.4) is 0 Å². The Labute approximate surface area is 110 Å². The van der Waals surface area contributed by atoms with Crippen LogP contribution in [0.1, 0.15) is 44.9 Å². The standard InChI is InChI=1S/C13H22N2O.ClH/c16-14-13-10-4-6-11(13)12(7-5-10)15-8-2-1-3-9-15;/h10-12,16H,1-9H2;1H. The van der Waals surface area contributed by atoms with Crippen molar-refractivity contribution in [3.8, 4) is 0 Å². The van der Waals surface area contributed by atoms with Crippen LogP contribution in [-0.4, -0.2) is 30.1 Å². The molecule has 0 amide bonds. The predicted octanol–water partition coefficient (Wildman–Crippen LogP) is -1.92. The van der Waals surface area contributed by atoms with E-state index in [0.717, 1.165) is 11.8 Å². The smallest absolute Gasteiger partial charge is 0.0957 e. The topological polar surface area (TPSA) is 37.0 Å². The van der Waals surface area contributed by atoms with E-state index in [1.54, 1.807) is 4.90 Å². The van der Waals surface area contributed by atoms with Gasteiger partial charge in [-0.15, -0.1) is 0 Å². The number of halogens is 1. The van der Waals surface area contributed by atoms with Crippen molar-refractivity contribution in [2.45, 2.75) is 51.0 Å². The van der Waals surface area contributed by atoms with E-state index in [0.29, 0.717) is 11.8 Å². The fourth-order valence-corrected chi connectivity index (χ4v) is 4.28. The average molecular weight is 259 g/mol. The summed E-state index contributed by atoms with van der Waals surface area (Å²) in [7, 11) is 0. The fourth-order valence-electron chi connectivity index (χ4n) is 4.28. The molecule has 3 atom stereocenters. The van der Waals surface area contributed by atoms with Crippen molar-refractivity contribution in [1.82, 2.24) is 0 Å². The van der Waals surface area contributed by atoms with Gasteiger partial charge in [0.2, 0.25) is 0 Å². The van der Waals surface area contributed by atoms with E-state index in [1.807, 2.05) is 0 Å². The first-order valence-electron chi connectivity index (χ1n) is 6.96. The number of rotatable bonds is 1. The molecule has 2 aliphatic carbocycles. The van der Waals surface area contributed by atoms with E-state index < -0.39 is 0 Å². The summed E-state index contributed by atoms with van der Waals surface area (Å²) in [5.74, 6) is 1.23. The van der Waals surface area contributed by atoms with Crippen molar-refractivity contribution in [1.29, 1.82) is 0 Å². The van der Waals surface area contributed by atoms with Crippen LogP contribution in [0.25, 0.3) is 0 Å². The average Bonchev–Trinajstić information content (AvgIpc) is 2.63. The molecule has 0 aromatic rings. The molecular formula is C13H23ClN2O. The minimum Gasteiger partial charge on any atom is -1.00 e. The van der Waals surface area contributed by atoms with Gasteiger partial charge in [-0.25, -0.2) is 0 Å². The summed E-state index contributed by atoms with van der Waals surface area (Å²) in [6.07, 6.45) is 9.39. The zero-order chi connectivity index (χ0) is 11.0. The van der Waals surface area contributed by atoms with Crippen molar-refractivity contribution < 1.29 is 22.5 Å². The van der Waals surface area contributed by atoms with Gasteiger partial charge in [-0.2, -0.15) is 0 Å². The van der Waals surface area contributed by atoms with Gasteiger partial charge in [0.25, 0.3) is 0 Å². The van der Waals surface area contributed by atoms with Crippen LogP contribution in [-0.2, 0) is 0 Å². The highest BCUT2D eigenvalue weighted by atomic mass is 35.5. The lowest BCUT2D eigenvalue weighted by molar-refractivity contribution is -0.933. The van der Waals surface area contributed by atoms with Crippen molar-refractivity contribution in [3.05, 3.63) is 0 Å². The van der Waals surface area contributed by atoms with Crippen LogP contribution in [0.5, 0.6) is 0 Å².